The third-order valence-corrected chi connectivity index (χ3v) is 6.83. The molecule has 0 atom stereocenters. The number of methoxy groups -OCH3 is 3. The minimum absolute atomic E-state index is 0.0781. The lowest BCUT2D eigenvalue weighted by molar-refractivity contribution is 0.348. The van der Waals surface area contributed by atoms with Crippen molar-refractivity contribution in [2.24, 2.45) is 0 Å². The van der Waals surface area contributed by atoms with Gasteiger partial charge in [0, 0.05) is 12.1 Å². The summed E-state index contributed by atoms with van der Waals surface area (Å²) in [6.45, 7) is 7.86. The maximum Gasteiger partial charge on any atom is 0.227 e. The van der Waals surface area contributed by atoms with E-state index >= 15 is 0 Å². The molecule has 3 aromatic rings. The Bertz CT molecular complexity index is 1190. The zero-order chi connectivity index (χ0) is 23.0. The van der Waals surface area contributed by atoms with Crippen LogP contribution in [0.5, 0.6) is 17.2 Å². The molecule has 0 aliphatic heterocycles. The van der Waals surface area contributed by atoms with E-state index in [1.807, 2.05) is 12.1 Å². The fraction of sp³-hybridized carbons (Fsp3) is 0.364. The van der Waals surface area contributed by atoms with E-state index in [2.05, 4.69) is 31.1 Å². The van der Waals surface area contributed by atoms with Crippen LogP contribution in [0.3, 0.4) is 0 Å². The molecule has 9 heteroatoms. The molecular weight excluding hydrogens is 418 g/mol. The van der Waals surface area contributed by atoms with Gasteiger partial charge < -0.3 is 14.2 Å². The molecule has 0 aliphatic carbocycles. The van der Waals surface area contributed by atoms with Crippen LogP contribution in [-0.2, 0) is 15.3 Å². The summed E-state index contributed by atoms with van der Waals surface area (Å²) in [6.07, 6.45) is 0. The van der Waals surface area contributed by atoms with Gasteiger partial charge in [0.05, 0.1) is 31.9 Å². The topological polar surface area (TPSA) is 92.5 Å². The highest BCUT2D eigenvalue weighted by molar-refractivity contribution is 7.91. The van der Waals surface area contributed by atoms with Crippen LogP contribution in [0, 0.1) is 6.92 Å². The highest BCUT2D eigenvalue weighted by Gasteiger charge is 2.28. The maximum atomic E-state index is 13.2. The van der Waals surface area contributed by atoms with Gasteiger partial charge in [0.15, 0.2) is 11.5 Å². The van der Waals surface area contributed by atoms with Crippen molar-refractivity contribution in [2.75, 3.05) is 21.3 Å². The number of rotatable bonds is 6. The van der Waals surface area contributed by atoms with Crippen LogP contribution < -0.4 is 14.2 Å². The molecule has 8 nitrogen and oxygen atoms in total. The average Bonchev–Trinajstić information content (AvgIpc) is 3.14. The zero-order valence-corrected chi connectivity index (χ0v) is 19.6. The van der Waals surface area contributed by atoms with Crippen molar-refractivity contribution in [3.8, 4) is 22.9 Å². The Balaban J connectivity index is 2.10. The van der Waals surface area contributed by atoms with Gasteiger partial charge in [0.2, 0.25) is 14.9 Å². The molecule has 3 rings (SSSR count). The van der Waals surface area contributed by atoms with Gasteiger partial charge in [-0.2, -0.15) is 0 Å². The van der Waals surface area contributed by atoms with Crippen molar-refractivity contribution in [3.05, 3.63) is 47.7 Å². The molecule has 0 radical (unpaired) electrons. The highest BCUT2D eigenvalue weighted by Crippen LogP contribution is 2.37. The van der Waals surface area contributed by atoms with E-state index in [-0.39, 0.29) is 15.3 Å². The van der Waals surface area contributed by atoms with Gasteiger partial charge in [-0.25, -0.2) is 13.1 Å². The quantitative estimate of drug-likeness (QED) is 0.571. The lowest BCUT2D eigenvalue weighted by atomic mass is 9.87. The minimum Gasteiger partial charge on any atom is -0.494 e. The standard InChI is InChI=1S/C22H27N3O5S/c1-14-21(31(26,27)16-10-8-15(9-11-16)22(2,3)4)23-24-25(14)17-12-19(29-6)20(30-7)13-18(17)28-5/h8-13H,1-7H3. The first-order chi connectivity index (χ1) is 14.5. The number of hydrogen-bond donors (Lipinski definition) is 0. The van der Waals surface area contributed by atoms with E-state index < -0.39 is 9.84 Å². The van der Waals surface area contributed by atoms with E-state index in [0.29, 0.717) is 28.6 Å². The Hall–Kier alpha value is -3.07. The Morgan fingerprint density at radius 3 is 1.94 bits per heavy atom. The van der Waals surface area contributed by atoms with Crippen molar-refractivity contribution in [1.29, 1.82) is 0 Å². The lowest BCUT2D eigenvalue weighted by Crippen LogP contribution is -2.12. The maximum absolute atomic E-state index is 13.2. The molecule has 1 aromatic heterocycles. The van der Waals surface area contributed by atoms with Crippen LogP contribution in [0.4, 0.5) is 0 Å². The molecule has 166 valence electrons. The van der Waals surface area contributed by atoms with Crippen LogP contribution in [0.1, 0.15) is 32.0 Å². The highest BCUT2D eigenvalue weighted by atomic mass is 32.2. The van der Waals surface area contributed by atoms with Crippen molar-refractivity contribution < 1.29 is 22.6 Å². The van der Waals surface area contributed by atoms with Crippen molar-refractivity contribution in [3.63, 3.8) is 0 Å². The molecule has 0 amide bonds. The van der Waals surface area contributed by atoms with E-state index in [1.54, 1.807) is 31.2 Å². The first-order valence-electron chi connectivity index (χ1n) is 9.63. The second-order valence-corrected chi connectivity index (χ2v) is 9.91. The van der Waals surface area contributed by atoms with Crippen molar-refractivity contribution in [2.45, 2.75) is 43.0 Å². The van der Waals surface area contributed by atoms with Crippen LogP contribution in [-0.4, -0.2) is 44.7 Å². The molecule has 1 heterocycles. The zero-order valence-electron chi connectivity index (χ0n) is 18.8. The van der Waals surface area contributed by atoms with Crippen LogP contribution in [0.2, 0.25) is 0 Å². The number of hydrogen-bond acceptors (Lipinski definition) is 7. The van der Waals surface area contributed by atoms with Crippen LogP contribution in [0.25, 0.3) is 5.69 Å². The van der Waals surface area contributed by atoms with Gasteiger partial charge >= 0.3 is 0 Å². The smallest absolute Gasteiger partial charge is 0.227 e. The molecule has 31 heavy (non-hydrogen) atoms. The SMILES string of the molecule is COc1cc(OC)c(-n2nnc(S(=O)(=O)c3ccc(C(C)(C)C)cc3)c2C)cc1OC. The summed E-state index contributed by atoms with van der Waals surface area (Å²) in [7, 11) is 0.682. The van der Waals surface area contributed by atoms with E-state index in [1.165, 1.54) is 26.0 Å². The van der Waals surface area contributed by atoms with Crippen molar-refractivity contribution >= 4 is 9.84 Å². The largest absolute Gasteiger partial charge is 0.494 e. The van der Waals surface area contributed by atoms with Gasteiger partial charge in [-0.15, -0.1) is 5.10 Å². The van der Waals surface area contributed by atoms with E-state index in [0.717, 1.165) is 5.56 Å². The molecule has 0 saturated carbocycles. The number of benzene rings is 2. The molecule has 0 bridgehead atoms. The summed E-state index contributed by atoms with van der Waals surface area (Å²) in [4.78, 5) is 0.162. The predicted molar refractivity (Wildman–Crippen MR) is 116 cm³/mol. The fourth-order valence-electron chi connectivity index (χ4n) is 3.22. The van der Waals surface area contributed by atoms with Crippen LogP contribution in [0.15, 0.2) is 46.3 Å². The Labute approximate surface area is 182 Å². The third kappa shape index (κ3) is 4.10. The summed E-state index contributed by atoms with van der Waals surface area (Å²) < 4.78 is 44.0. The second kappa shape index (κ2) is 8.22. The summed E-state index contributed by atoms with van der Waals surface area (Å²) in [5.41, 5.74) is 1.80. The van der Waals surface area contributed by atoms with E-state index in [9.17, 15) is 8.42 Å². The molecule has 0 fully saturated rings. The van der Waals surface area contributed by atoms with E-state index in [4.69, 9.17) is 14.2 Å². The van der Waals surface area contributed by atoms with Gasteiger partial charge in [-0.1, -0.05) is 38.1 Å². The van der Waals surface area contributed by atoms with Crippen LogP contribution >= 0.6 is 0 Å². The average molecular weight is 446 g/mol. The molecule has 0 unspecified atom stereocenters. The number of sulfone groups is 1. The Morgan fingerprint density at radius 1 is 0.871 bits per heavy atom. The Morgan fingerprint density at radius 2 is 1.42 bits per heavy atom. The number of ether oxygens (including phenoxy) is 3. The summed E-state index contributed by atoms with van der Waals surface area (Å²) >= 11 is 0. The third-order valence-electron chi connectivity index (χ3n) is 5.05. The minimum atomic E-state index is -3.86. The Kier molecular flexibility index (Phi) is 6.00. The van der Waals surface area contributed by atoms with Gasteiger partial charge in [-0.3, -0.25) is 0 Å². The van der Waals surface area contributed by atoms with Gasteiger partial charge in [0.25, 0.3) is 0 Å². The number of nitrogens with zero attached hydrogens (tertiary/aromatic N) is 3. The first kappa shape index (κ1) is 22.6. The normalized spacial score (nSPS) is 12.0. The summed E-state index contributed by atoms with van der Waals surface area (Å²) in [5.74, 6) is 1.37. The molecule has 0 saturated heterocycles. The molecule has 0 aliphatic rings. The van der Waals surface area contributed by atoms with Crippen molar-refractivity contribution in [1.82, 2.24) is 15.0 Å². The summed E-state index contributed by atoms with van der Waals surface area (Å²) in [6, 6.07) is 10.2. The summed E-state index contributed by atoms with van der Waals surface area (Å²) in [5, 5.41) is 7.95. The van der Waals surface area contributed by atoms with Gasteiger partial charge in [0.1, 0.15) is 11.4 Å². The molecular formula is C22H27N3O5S. The fourth-order valence-corrected chi connectivity index (χ4v) is 4.55. The molecule has 0 N–H and O–H groups in total. The molecule has 0 spiro atoms. The number of aromatic nitrogens is 3. The first-order valence-corrected chi connectivity index (χ1v) is 11.1. The monoisotopic (exact) mass is 445 g/mol. The second-order valence-electron chi connectivity index (χ2n) is 8.05. The lowest BCUT2D eigenvalue weighted by Gasteiger charge is -2.19. The molecule has 2 aromatic carbocycles. The predicted octanol–water partition coefficient (Wildman–Crippen LogP) is 3.73. The van der Waals surface area contributed by atoms with Gasteiger partial charge in [-0.05, 0) is 30.0 Å².